The van der Waals surface area contributed by atoms with E-state index in [1.165, 1.54) is 0 Å². The lowest BCUT2D eigenvalue weighted by molar-refractivity contribution is 0.0510. The zero-order valence-corrected chi connectivity index (χ0v) is 14.8. The maximum atomic E-state index is 11.7. The monoisotopic (exact) mass is 381 g/mol. The van der Waals surface area contributed by atoms with Gasteiger partial charge in [0.1, 0.15) is 5.60 Å². The molecule has 0 aliphatic heterocycles. The molecule has 3 nitrogen and oxygen atoms in total. The van der Waals surface area contributed by atoms with Crippen LogP contribution in [0.2, 0.25) is 10.0 Å². The van der Waals surface area contributed by atoms with Crippen molar-refractivity contribution in [3.05, 3.63) is 33.8 Å². The van der Waals surface area contributed by atoms with Crippen LogP contribution in [0.1, 0.15) is 26.3 Å². The standard InChI is InChI=1S/C14H18BrCl2NO2/c1-14(2,3)20-13(19)18-11(8-15)6-9-4-5-10(16)7-12(9)17/h4-5,7,11H,6,8H2,1-3H3,(H,18,19). The van der Waals surface area contributed by atoms with Crippen LogP contribution in [0.4, 0.5) is 4.79 Å². The number of carbonyl (C=O) groups is 1. The van der Waals surface area contributed by atoms with Gasteiger partial charge in [-0.3, -0.25) is 0 Å². The topological polar surface area (TPSA) is 38.3 Å². The molecule has 1 N–H and O–H groups in total. The number of hydrogen-bond acceptors (Lipinski definition) is 2. The van der Waals surface area contributed by atoms with E-state index in [1.54, 1.807) is 12.1 Å². The highest BCUT2D eigenvalue weighted by Gasteiger charge is 2.19. The molecule has 1 aromatic rings. The van der Waals surface area contributed by atoms with E-state index in [9.17, 15) is 4.79 Å². The first-order valence-corrected chi connectivity index (χ1v) is 8.08. The van der Waals surface area contributed by atoms with E-state index in [1.807, 2.05) is 26.8 Å². The molecule has 0 fully saturated rings. The molecule has 112 valence electrons. The Kier molecular flexibility index (Phi) is 6.62. The van der Waals surface area contributed by atoms with Crippen molar-refractivity contribution in [3.63, 3.8) is 0 Å². The molecule has 0 aromatic heterocycles. The number of hydrogen-bond donors (Lipinski definition) is 1. The number of rotatable bonds is 4. The van der Waals surface area contributed by atoms with E-state index in [0.717, 1.165) is 5.56 Å². The lowest BCUT2D eigenvalue weighted by Gasteiger charge is -2.23. The molecule has 0 aliphatic carbocycles. The number of ether oxygens (including phenoxy) is 1. The van der Waals surface area contributed by atoms with Crippen LogP contribution < -0.4 is 5.32 Å². The second kappa shape index (κ2) is 7.53. The van der Waals surface area contributed by atoms with Crippen molar-refractivity contribution in [1.29, 1.82) is 0 Å². The maximum Gasteiger partial charge on any atom is 0.407 e. The van der Waals surface area contributed by atoms with Gasteiger partial charge in [0.25, 0.3) is 0 Å². The molecule has 1 rings (SSSR count). The molecule has 0 aliphatic rings. The molecular formula is C14H18BrCl2NO2. The summed E-state index contributed by atoms with van der Waals surface area (Å²) in [6.45, 7) is 5.48. The summed E-state index contributed by atoms with van der Waals surface area (Å²) in [6, 6.07) is 5.22. The Balaban J connectivity index is 2.65. The Bertz CT molecular complexity index is 475. The highest BCUT2D eigenvalue weighted by atomic mass is 79.9. The smallest absolute Gasteiger partial charge is 0.407 e. The van der Waals surface area contributed by atoms with Crippen molar-refractivity contribution in [2.24, 2.45) is 0 Å². The Hall–Kier alpha value is -0.450. The lowest BCUT2D eigenvalue weighted by atomic mass is 10.1. The van der Waals surface area contributed by atoms with E-state index >= 15 is 0 Å². The van der Waals surface area contributed by atoms with Crippen molar-refractivity contribution in [3.8, 4) is 0 Å². The Morgan fingerprint density at radius 2 is 2.05 bits per heavy atom. The minimum atomic E-state index is -0.515. The average molecular weight is 383 g/mol. The zero-order chi connectivity index (χ0) is 15.3. The average Bonchev–Trinajstić information content (AvgIpc) is 2.29. The third-order valence-electron chi connectivity index (χ3n) is 2.39. The fourth-order valence-corrected chi connectivity index (χ4v) is 2.45. The van der Waals surface area contributed by atoms with Crippen LogP contribution in [-0.4, -0.2) is 23.1 Å². The first kappa shape index (κ1) is 17.6. The molecule has 1 aromatic carbocycles. The Morgan fingerprint density at radius 1 is 1.40 bits per heavy atom. The molecule has 1 atom stereocenters. The van der Waals surface area contributed by atoms with E-state index in [0.29, 0.717) is 21.8 Å². The summed E-state index contributed by atoms with van der Waals surface area (Å²) in [6.07, 6.45) is 0.160. The van der Waals surface area contributed by atoms with Gasteiger partial charge in [0, 0.05) is 21.4 Å². The summed E-state index contributed by atoms with van der Waals surface area (Å²) in [4.78, 5) is 11.7. The van der Waals surface area contributed by atoms with Gasteiger partial charge in [-0.25, -0.2) is 4.79 Å². The van der Waals surface area contributed by atoms with Gasteiger partial charge >= 0.3 is 6.09 Å². The van der Waals surface area contributed by atoms with Crippen molar-refractivity contribution >= 4 is 45.2 Å². The normalized spacial score (nSPS) is 12.9. The molecule has 20 heavy (non-hydrogen) atoms. The van der Waals surface area contributed by atoms with Crippen LogP contribution in [0.15, 0.2) is 18.2 Å². The van der Waals surface area contributed by atoms with Crippen LogP contribution in [0.5, 0.6) is 0 Å². The number of benzene rings is 1. The van der Waals surface area contributed by atoms with Crippen LogP contribution in [0, 0.1) is 0 Å². The van der Waals surface area contributed by atoms with Crippen molar-refractivity contribution in [2.75, 3.05) is 5.33 Å². The second-order valence-electron chi connectivity index (χ2n) is 5.44. The minimum Gasteiger partial charge on any atom is -0.444 e. The summed E-state index contributed by atoms with van der Waals surface area (Å²) >= 11 is 15.4. The summed E-state index contributed by atoms with van der Waals surface area (Å²) in [5.41, 5.74) is 0.412. The van der Waals surface area contributed by atoms with Crippen LogP contribution in [-0.2, 0) is 11.2 Å². The van der Waals surface area contributed by atoms with Gasteiger partial charge in [0.05, 0.1) is 0 Å². The molecular weight excluding hydrogens is 365 g/mol. The first-order chi connectivity index (χ1) is 9.21. The number of amides is 1. The van der Waals surface area contributed by atoms with Crippen LogP contribution in [0.3, 0.4) is 0 Å². The summed E-state index contributed by atoms with van der Waals surface area (Å²) in [7, 11) is 0. The van der Waals surface area contributed by atoms with Gasteiger partial charge in [0.15, 0.2) is 0 Å². The number of halogens is 3. The van der Waals surface area contributed by atoms with E-state index in [-0.39, 0.29) is 6.04 Å². The highest BCUT2D eigenvalue weighted by Crippen LogP contribution is 2.22. The fraction of sp³-hybridized carbons (Fsp3) is 0.500. The molecule has 0 radical (unpaired) electrons. The number of carbonyl (C=O) groups excluding carboxylic acids is 1. The highest BCUT2D eigenvalue weighted by molar-refractivity contribution is 9.09. The van der Waals surface area contributed by atoms with Gasteiger partial charge in [0.2, 0.25) is 0 Å². The second-order valence-corrected chi connectivity index (χ2v) is 6.93. The van der Waals surface area contributed by atoms with Gasteiger partial charge in [-0.15, -0.1) is 0 Å². The summed E-state index contributed by atoms with van der Waals surface area (Å²) in [5.74, 6) is 0. The summed E-state index contributed by atoms with van der Waals surface area (Å²) < 4.78 is 5.23. The number of alkyl carbamates (subject to hydrolysis) is 1. The van der Waals surface area contributed by atoms with E-state index < -0.39 is 11.7 Å². The number of alkyl halides is 1. The summed E-state index contributed by atoms with van der Waals surface area (Å²) in [5, 5.41) is 4.60. The number of nitrogens with one attached hydrogen (secondary N) is 1. The molecule has 0 heterocycles. The third kappa shape index (κ3) is 6.33. The predicted octanol–water partition coefficient (Wildman–Crippen LogP) is 4.82. The van der Waals surface area contributed by atoms with Gasteiger partial charge in [-0.05, 0) is 44.9 Å². The van der Waals surface area contributed by atoms with Gasteiger partial charge < -0.3 is 10.1 Å². The SMILES string of the molecule is CC(C)(C)OC(=O)NC(CBr)Cc1ccc(Cl)cc1Cl. The quantitative estimate of drug-likeness (QED) is 0.757. The van der Waals surface area contributed by atoms with Crippen molar-refractivity contribution in [1.82, 2.24) is 5.32 Å². The van der Waals surface area contributed by atoms with E-state index in [2.05, 4.69) is 21.2 Å². The van der Waals surface area contributed by atoms with Crippen molar-refractivity contribution < 1.29 is 9.53 Å². The fourth-order valence-electron chi connectivity index (χ4n) is 1.57. The lowest BCUT2D eigenvalue weighted by Crippen LogP contribution is -2.41. The zero-order valence-electron chi connectivity index (χ0n) is 11.7. The maximum absolute atomic E-state index is 11.7. The van der Waals surface area contributed by atoms with Crippen LogP contribution in [0.25, 0.3) is 0 Å². The molecule has 0 saturated heterocycles. The van der Waals surface area contributed by atoms with Crippen molar-refractivity contribution in [2.45, 2.75) is 38.8 Å². The van der Waals surface area contributed by atoms with Gasteiger partial charge in [-0.1, -0.05) is 45.2 Å². The molecule has 1 amide bonds. The first-order valence-electron chi connectivity index (χ1n) is 6.20. The largest absolute Gasteiger partial charge is 0.444 e. The molecule has 6 heteroatoms. The van der Waals surface area contributed by atoms with E-state index in [4.69, 9.17) is 27.9 Å². The minimum absolute atomic E-state index is 0.108. The molecule has 0 spiro atoms. The Morgan fingerprint density at radius 3 is 2.55 bits per heavy atom. The molecule has 0 bridgehead atoms. The Labute approximate surface area is 138 Å². The third-order valence-corrected chi connectivity index (χ3v) is 3.76. The van der Waals surface area contributed by atoms with Gasteiger partial charge in [-0.2, -0.15) is 0 Å². The molecule has 0 saturated carbocycles. The predicted molar refractivity (Wildman–Crippen MR) is 87.1 cm³/mol. The molecule has 1 unspecified atom stereocenters. The van der Waals surface area contributed by atoms with Crippen LogP contribution >= 0.6 is 39.1 Å².